The van der Waals surface area contributed by atoms with Gasteiger partial charge in [-0.3, -0.25) is 0 Å². The number of carbonyl (C=O) groups excluding carboxylic acids is 1. The second kappa shape index (κ2) is 5.71. The second-order valence-corrected chi connectivity index (χ2v) is 1.85. The number of ether oxygens (including phenoxy) is 2. The van der Waals surface area contributed by atoms with Gasteiger partial charge in [-0.15, -0.1) is 6.42 Å². The first-order valence-corrected chi connectivity index (χ1v) is 3.01. The predicted octanol–water partition coefficient (Wildman–Crippen LogP) is -0.830. The van der Waals surface area contributed by atoms with E-state index in [2.05, 4.69) is 9.47 Å². The molecule has 0 aliphatic rings. The van der Waals surface area contributed by atoms with Crippen LogP contribution in [-0.4, -0.2) is 37.5 Å². The van der Waals surface area contributed by atoms with Crippen LogP contribution in [0.2, 0.25) is 0 Å². The molecule has 0 saturated heterocycles. The van der Waals surface area contributed by atoms with Gasteiger partial charge < -0.3 is 14.6 Å². The number of aliphatic hydroxyl groups is 1. The standard InChI is InChI=1S/C7H10O4/c1-3-7(9)11-5-6(8)4-10-2/h1,6,8H,4-5H2,2H3. The summed E-state index contributed by atoms with van der Waals surface area (Å²) in [6.45, 7) is -0.00523. The number of aliphatic hydroxyl groups excluding tert-OH is 1. The highest BCUT2D eigenvalue weighted by Crippen LogP contribution is 1.86. The summed E-state index contributed by atoms with van der Waals surface area (Å²) in [5, 5.41) is 8.92. The van der Waals surface area contributed by atoms with Crippen molar-refractivity contribution in [2.45, 2.75) is 6.10 Å². The lowest BCUT2D eigenvalue weighted by Gasteiger charge is -2.07. The molecule has 0 spiro atoms. The number of methoxy groups -OCH3 is 1. The van der Waals surface area contributed by atoms with Crippen LogP contribution in [0.4, 0.5) is 0 Å². The highest BCUT2D eigenvalue weighted by molar-refractivity contribution is 5.87. The molecule has 0 fully saturated rings. The van der Waals surface area contributed by atoms with Crippen molar-refractivity contribution in [2.75, 3.05) is 20.3 Å². The van der Waals surface area contributed by atoms with Crippen molar-refractivity contribution >= 4 is 5.97 Å². The Balaban J connectivity index is 3.39. The molecular formula is C7H10O4. The minimum atomic E-state index is -0.808. The molecule has 0 rings (SSSR count). The summed E-state index contributed by atoms with van der Waals surface area (Å²) in [5.74, 6) is 0.972. The van der Waals surface area contributed by atoms with E-state index in [0.29, 0.717) is 0 Å². The Kier molecular flexibility index (Phi) is 5.17. The van der Waals surface area contributed by atoms with Crippen LogP contribution in [0.3, 0.4) is 0 Å². The lowest BCUT2D eigenvalue weighted by atomic mass is 10.4. The Bertz CT molecular complexity index is 158. The normalized spacial score (nSPS) is 11.7. The molecule has 0 saturated carbocycles. The molecule has 62 valence electrons. The van der Waals surface area contributed by atoms with Gasteiger partial charge in [-0.05, 0) is 0 Å². The van der Waals surface area contributed by atoms with Crippen molar-refractivity contribution in [3.8, 4) is 12.3 Å². The van der Waals surface area contributed by atoms with Gasteiger partial charge >= 0.3 is 5.97 Å². The number of hydrogen-bond donors (Lipinski definition) is 1. The maximum atomic E-state index is 10.3. The van der Waals surface area contributed by atoms with Gasteiger partial charge in [0.05, 0.1) is 6.61 Å². The molecule has 0 heterocycles. The van der Waals surface area contributed by atoms with Crippen molar-refractivity contribution < 1.29 is 19.4 Å². The maximum Gasteiger partial charge on any atom is 0.384 e. The summed E-state index contributed by atoms with van der Waals surface area (Å²) in [7, 11) is 1.44. The molecule has 0 amide bonds. The SMILES string of the molecule is C#CC(=O)OCC(O)COC. The molecule has 0 aromatic heterocycles. The van der Waals surface area contributed by atoms with Crippen LogP contribution in [0.25, 0.3) is 0 Å². The third kappa shape index (κ3) is 5.40. The minimum Gasteiger partial charge on any atom is -0.453 e. The Morgan fingerprint density at radius 2 is 2.36 bits per heavy atom. The van der Waals surface area contributed by atoms with Crippen molar-refractivity contribution in [1.29, 1.82) is 0 Å². The van der Waals surface area contributed by atoms with Gasteiger partial charge in [-0.2, -0.15) is 0 Å². The number of carbonyl (C=O) groups is 1. The van der Waals surface area contributed by atoms with Crippen LogP contribution in [0.15, 0.2) is 0 Å². The van der Waals surface area contributed by atoms with Gasteiger partial charge in [0.2, 0.25) is 0 Å². The Labute approximate surface area is 65.1 Å². The van der Waals surface area contributed by atoms with Crippen molar-refractivity contribution in [3.05, 3.63) is 0 Å². The van der Waals surface area contributed by atoms with Gasteiger partial charge in [-0.1, -0.05) is 0 Å². The van der Waals surface area contributed by atoms with Crippen LogP contribution in [0, 0.1) is 12.3 Å². The topological polar surface area (TPSA) is 55.8 Å². The fourth-order valence-electron chi connectivity index (χ4n) is 0.454. The number of terminal acetylenes is 1. The third-order valence-electron chi connectivity index (χ3n) is 0.884. The zero-order valence-electron chi connectivity index (χ0n) is 6.24. The molecule has 4 heteroatoms. The second-order valence-electron chi connectivity index (χ2n) is 1.85. The Hall–Kier alpha value is -1.05. The summed E-state index contributed by atoms with van der Waals surface area (Å²) >= 11 is 0. The van der Waals surface area contributed by atoms with Gasteiger partial charge in [0.25, 0.3) is 0 Å². The first-order valence-electron chi connectivity index (χ1n) is 3.01. The van der Waals surface area contributed by atoms with Crippen molar-refractivity contribution in [3.63, 3.8) is 0 Å². The quantitative estimate of drug-likeness (QED) is 0.329. The number of hydrogen-bond acceptors (Lipinski definition) is 4. The van der Waals surface area contributed by atoms with E-state index >= 15 is 0 Å². The molecule has 11 heavy (non-hydrogen) atoms. The molecule has 1 unspecified atom stereocenters. The molecule has 1 atom stereocenters. The summed E-state index contributed by atoms with van der Waals surface area (Å²) in [4.78, 5) is 10.3. The van der Waals surface area contributed by atoms with E-state index in [9.17, 15) is 4.79 Å². The summed E-state index contributed by atoms with van der Waals surface area (Å²) in [6.07, 6.45) is 3.89. The molecule has 1 N–H and O–H groups in total. The van der Waals surface area contributed by atoms with Crippen LogP contribution in [-0.2, 0) is 14.3 Å². The Morgan fingerprint density at radius 3 is 2.82 bits per heavy atom. The van der Waals surface area contributed by atoms with Crippen LogP contribution < -0.4 is 0 Å². The Morgan fingerprint density at radius 1 is 1.73 bits per heavy atom. The van der Waals surface area contributed by atoms with Crippen molar-refractivity contribution in [1.82, 2.24) is 0 Å². The molecule has 0 aliphatic heterocycles. The predicted molar refractivity (Wildman–Crippen MR) is 37.7 cm³/mol. The summed E-state index contributed by atoms with van der Waals surface area (Å²) in [5.41, 5.74) is 0. The summed E-state index contributed by atoms with van der Waals surface area (Å²) in [6, 6.07) is 0. The van der Waals surface area contributed by atoms with Gasteiger partial charge in [0.15, 0.2) is 0 Å². The highest BCUT2D eigenvalue weighted by Gasteiger charge is 2.05. The number of rotatable bonds is 4. The lowest BCUT2D eigenvalue weighted by molar-refractivity contribution is -0.140. The molecule has 0 radical (unpaired) electrons. The van der Waals surface area contributed by atoms with Crippen LogP contribution in [0.1, 0.15) is 0 Å². The van der Waals surface area contributed by atoms with E-state index in [-0.39, 0.29) is 13.2 Å². The molecule has 0 aromatic carbocycles. The lowest BCUT2D eigenvalue weighted by Crippen LogP contribution is -2.22. The fraction of sp³-hybridized carbons (Fsp3) is 0.571. The monoisotopic (exact) mass is 158 g/mol. The molecule has 4 nitrogen and oxygen atoms in total. The zero-order chi connectivity index (χ0) is 8.69. The smallest absolute Gasteiger partial charge is 0.384 e. The summed E-state index contributed by atoms with van der Waals surface area (Å²) < 4.78 is 8.98. The average molecular weight is 158 g/mol. The molecule has 0 bridgehead atoms. The van der Waals surface area contributed by atoms with E-state index in [1.165, 1.54) is 7.11 Å². The van der Waals surface area contributed by atoms with Crippen LogP contribution in [0.5, 0.6) is 0 Å². The molecule has 0 aromatic rings. The molecule has 0 aliphatic carbocycles. The van der Waals surface area contributed by atoms with Gasteiger partial charge in [0.1, 0.15) is 12.7 Å². The molecular weight excluding hydrogens is 148 g/mol. The number of esters is 1. The van der Waals surface area contributed by atoms with E-state index in [4.69, 9.17) is 11.5 Å². The van der Waals surface area contributed by atoms with Crippen molar-refractivity contribution in [2.24, 2.45) is 0 Å². The zero-order valence-corrected chi connectivity index (χ0v) is 6.24. The van der Waals surface area contributed by atoms with Gasteiger partial charge in [-0.25, -0.2) is 4.79 Å². The highest BCUT2D eigenvalue weighted by atomic mass is 16.5. The van der Waals surface area contributed by atoms with E-state index in [1.54, 1.807) is 5.92 Å². The first-order chi connectivity index (χ1) is 5.20. The largest absolute Gasteiger partial charge is 0.453 e. The van der Waals surface area contributed by atoms with E-state index < -0.39 is 12.1 Å². The van der Waals surface area contributed by atoms with Gasteiger partial charge in [0, 0.05) is 13.0 Å². The van der Waals surface area contributed by atoms with Crippen LogP contribution >= 0.6 is 0 Å². The third-order valence-corrected chi connectivity index (χ3v) is 0.884. The minimum absolute atomic E-state index is 0.123. The maximum absolute atomic E-state index is 10.3. The average Bonchev–Trinajstić information content (AvgIpc) is 2.01. The van der Waals surface area contributed by atoms with E-state index in [1.807, 2.05) is 0 Å². The van der Waals surface area contributed by atoms with E-state index in [0.717, 1.165) is 0 Å². The fourth-order valence-corrected chi connectivity index (χ4v) is 0.454. The first kappa shape index (κ1) is 9.95.